The molecule has 1 amide bonds. The van der Waals surface area contributed by atoms with Crippen molar-refractivity contribution in [1.82, 2.24) is 14.7 Å². The van der Waals surface area contributed by atoms with Gasteiger partial charge in [-0.05, 0) is 36.2 Å². The highest BCUT2D eigenvalue weighted by molar-refractivity contribution is 7.15. The number of carbonyl (C=O) groups is 1. The summed E-state index contributed by atoms with van der Waals surface area (Å²) in [5, 5.41) is 13.2. The molecule has 0 bridgehead atoms. The average molecular weight is 359 g/mol. The molecule has 0 unspecified atom stereocenters. The monoisotopic (exact) mass is 359 g/mol. The van der Waals surface area contributed by atoms with Crippen LogP contribution in [-0.4, -0.2) is 40.7 Å². The van der Waals surface area contributed by atoms with E-state index >= 15 is 0 Å². The number of amides is 1. The molecule has 3 aromatic rings. The second-order valence-electron chi connectivity index (χ2n) is 5.28. The molecule has 130 valence electrons. The number of aliphatic hydroxyl groups is 1. The Bertz CT molecular complexity index is 947. The summed E-state index contributed by atoms with van der Waals surface area (Å²) in [4.78, 5) is 29.7. The molecule has 2 aromatic heterocycles. The van der Waals surface area contributed by atoms with Crippen LogP contribution in [0.4, 0.5) is 0 Å². The largest absolute Gasteiger partial charge is 0.497 e. The van der Waals surface area contributed by atoms with Crippen molar-refractivity contribution in [3.05, 3.63) is 51.8 Å². The number of ether oxygens (including phenoxy) is 1. The van der Waals surface area contributed by atoms with Gasteiger partial charge < -0.3 is 15.2 Å². The average Bonchev–Trinajstić information content (AvgIpc) is 3.07. The quantitative estimate of drug-likeness (QED) is 0.651. The first-order valence-corrected chi connectivity index (χ1v) is 8.56. The number of rotatable bonds is 6. The van der Waals surface area contributed by atoms with Gasteiger partial charge >= 0.3 is 0 Å². The Labute approximate surface area is 147 Å². The Hall–Kier alpha value is -2.71. The van der Waals surface area contributed by atoms with Crippen LogP contribution in [0.5, 0.6) is 5.75 Å². The predicted molar refractivity (Wildman–Crippen MR) is 95.4 cm³/mol. The van der Waals surface area contributed by atoms with Gasteiger partial charge in [-0.3, -0.25) is 14.0 Å². The van der Waals surface area contributed by atoms with Gasteiger partial charge in [0.25, 0.3) is 11.5 Å². The maximum Gasteiger partial charge on any atom is 0.271 e. The number of nitrogens with one attached hydrogen (secondary N) is 1. The molecular formula is C17H17N3O4S. The van der Waals surface area contributed by atoms with Crippen LogP contribution in [0, 0.1) is 0 Å². The molecule has 0 aliphatic rings. The fourth-order valence-corrected chi connectivity index (χ4v) is 3.25. The summed E-state index contributed by atoms with van der Waals surface area (Å²) in [5.74, 6) is 0.227. The standard InChI is InChI=1S/C17H17N3O4S/c1-24-12-5-3-11(4-6-12)14-10-25-17-19-9-13(16(23)20(14)17)15(22)18-7-2-8-21/h3-6,9-10,21H,2,7-8H2,1H3,(H,18,22). The maximum atomic E-state index is 12.8. The summed E-state index contributed by atoms with van der Waals surface area (Å²) in [7, 11) is 1.59. The first-order valence-electron chi connectivity index (χ1n) is 7.68. The molecule has 0 radical (unpaired) electrons. The Morgan fingerprint density at radius 1 is 1.36 bits per heavy atom. The van der Waals surface area contributed by atoms with Gasteiger partial charge in [-0.2, -0.15) is 0 Å². The summed E-state index contributed by atoms with van der Waals surface area (Å²) >= 11 is 1.33. The Kier molecular flexibility index (Phi) is 5.11. The zero-order valence-corrected chi connectivity index (χ0v) is 14.4. The van der Waals surface area contributed by atoms with Crippen LogP contribution in [0.15, 0.2) is 40.6 Å². The number of nitrogens with zero attached hydrogens (tertiary/aromatic N) is 2. The molecule has 1 aromatic carbocycles. The number of aliphatic hydroxyl groups excluding tert-OH is 1. The van der Waals surface area contributed by atoms with Crippen molar-refractivity contribution in [3.8, 4) is 17.0 Å². The first-order chi connectivity index (χ1) is 12.2. The third-order valence-electron chi connectivity index (χ3n) is 3.70. The van der Waals surface area contributed by atoms with Gasteiger partial charge in [-0.1, -0.05) is 0 Å². The van der Waals surface area contributed by atoms with E-state index in [9.17, 15) is 9.59 Å². The highest BCUT2D eigenvalue weighted by atomic mass is 32.1. The third kappa shape index (κ3) is 3.40. The zero-order valence-electron chi connectivity index (χ0n) is 13.6. The van der Waals surface area contributed by atoms with Gasteiger partial charge in [-0.25, -0.2) is 4.98 Å². The van der Waals surface area contributed by atoms with Crippen molar-refractivity contribution < 1.29 is 14.6 Å². The fourth-order valence-electron chi connectivity index (χ4n) is 2.39. The number of carbonyl (C=O) groups excluding carboxylic acids is 1. The van der Waals surface area contributed by atoms with E-state index in [1.165, 1.54) is 21.9 Å². The molecule has 3 rings (SSSR count). The second-order valence-corrected chi connectivity index (χ2v) is 6.11. The third-order valence-corrected chi connectivity index (χ3v) is 4.54. The highest BCUT2D eigenvalue weighted by Gasteiger charge is 2.16. The van der Waals surface area contributed by atoms with E-state index in [0.29, 0.717) is 23.6 Å². The van der Waals surface area contributed by atoms with Crippen molar-refractivity contribution in [2.24, 2.45) is 0 Å². The lowest BCUT2D eigenvalue weighted by Gasteiger charge is -2.06. The van der Waals surface area contributed by atoms with Crippen molar-refractivity contribution in [2.45, 2.75) is 6.42 Å². The topological polar surface area (TPSA) is 92.9 Å². The van der Waals surface area contributed by atoms with Crippen LogP contribution in [0.25, 0.3) is 16.2 Å². The van der Waals surface area contributed by atoms with Crippen LogP contribution in [-0.2, 0) is 0 Å². The van der Waals surface area contributed by atoms with E-state index in [2.05, 4.69) is 10.3 Å². The molecule has 0 aliphatic heterocycles. The molecule has 0 fully saturated rings. The number of benzene rings is 1. The fraction of sp³-hybridized carbons (Fsp3) is 0.235. The van der Waals surface area contributed by atoms with Crippen molar-refractivity contribution in [2.75, 3.05) is 20.3 Å². The van der Waals surface area contributed by atoms with Crippen molar-refractivity contribution in [1.29, 1.82) is 0 Å². The van der Waals surface area contributed by atoms with Crippen LogP contribution in [0.1, 0.15) is 16.8 Å². The van der Waals surface area contributed by atoms with Gasteiger partial charge in [0, 0.05) is 24.7 Å². The van der Waals surface area contributed by atoms with E-state index in [1.807, 2.05) is 29.6 Å². The van der Waals surface area contributed by atoms with E-state index < -0.39 is 11.5 Å². The number of aromatic nitrogens is 2. The lowest BCUT2D eigenvalue weighted by atomic mass is 10.1. The van der Waals surface area contributed by atoms with Gasteiger partial charge in [0.1, 0.15) is 11.3 Å². The minimum absolute atomic E-state index is 0.0244. The molecule has 8 heteroatoms. The molecule has 25 heavy (non-hydrogen) atoms. The van der Waals surface area contributed by atoms with Crippen LogP contribution >= 0.6 is 11.3 Å². The first kappa shape index (κ1) is 17.1. The van der Waals surface area contributed by atoms with E-state index in [4.69, 9.17) is 9.84 Å². The number of hydrogen-bond donors (Lipinski definition) is 2. The van der Waals surface area contributed by atoms with Crippen molar-refractivity contribution in [3.63, 3.8) is 0 Å². The normalized spacial score (nSPS) is 10.8. The second kappa shape index (κ2) is 7.45. The number of methoxy groups -OCH3 is 1. The van der Waals surface area contributed by atoms with Gasteiger partial charge in [-0.15, -0.1) is 11.3 Å². The number of thiazole rings is 1. The number of hydrogen-bond acceptors (Lipinski definition) is 6. The molecule has 2 N–H and O–H groups in total. The number of fused-ring (bicyclic) bond motifs is 1. The van der Waals surface area contributed by atoms with E-state index in [1.54, 1.807) is 7.11 Å². The van der Waals surface area contributed by atoms with E-state index in [-0.39, 0.29) is 12.2 Å². The smallest absolute Gasteiger partial charge is 0.271 e. The Balaban J connectivity index is 2.02. The van der Waals surface area contributed by atoms with Crippen LogP contribution < -0.4 is 15.6 Å². The molecule has 0 saturated heterocycles. The van der Waals surface area contributed by atoms with Gasteiger partial charge in [0.05, 0.1) is 12.8 Å². The summed E-state index contributed by atoms with van der Waals surface area (Å²) < 4.78 is 6.58. The molecule has 0 saturated carbocycles. The predicted octanol–water partition coefficient (Wildman–Crippen LogP) is 1.54. The van der Waals surface area contributed by atoms with Gasteiger partial charge in [0.2, 0.25) is 0 Å². The summed E-state index contributed by atoms with van der Waals surface area (Å²) in [6, 6.07) is 7.31. The SMILES string of the molecule is COc1ccc(-c2csc3ncc(C(=O)NCCCO)c(=O)n23)cc1. The highest BCUT2D eigenvalue weighted by Crippen LogP contribution is 2.25. The van der Waals surface area contributed by atoms with Gasteiger partial charge in [0.15, 0.2) is 4.96 Å². The minimum Gasteiger partial charge on any atom is -0.497 e. The zero-order chi connectivity index (χ0) is 17.8. The molecule has 2 heterocycles. The molecule has 7 nitrogen and oxygen atoms in total. The molecule has 0 aliphatic carbocycles. The Morgan fingerprint density at radius 2 is 2.12 bits per heavy atom. The maximum absolute atomic E-state index is 12.8. The molecular weight excluding hydrogens is 342 g/mol. The summed E-state index contributed by atoms with van der Waals surface area (Å²) in [5.41, 5.74) is 1.06. The van der Waals surface area contributed by atoms with Crippen LogP contribution in [0.3, 0.4) is 0 Å². The van der Waals surface area contributed by atoms with E-state index in [0.717, 1.165) is 11.3 Å². The molecule has 0 atom stereocenters. The van der Waals surface area contributed by atoms with Crippen molar-refractivity contribution >= 4 is 22.2 Å². The summed E-state index contributed by atoms with van der Waals surface area (Å²) in [6.45, 7) is 0.273. The van der Waals surface area contributed by atoms with Crippen LogP contribution in [0.2, 0.25) is 0 Å². The minimum atomic E-state index is -0.493. The lowest BCUT2D eigenvalue weighted by Crippen LogP contribution is -2.32. The molecule has 0 spiro atoms. The summed E-state index contributed by atoms with van der Waals surface area (Å²) in [6.07, 6.45) is 1.72. The Morgan fingerprint density at radius 3 is 2.80 bits per heavy atom. The lowest BCUT2D eigenvalue weighted by molar-refractivity contribution is 0.0949.